The fraction of sp³-hybridized carbons (Fsp3) is 0.294. The van der Waals surface area contributed by atoms with E-state index in [2.05, 4.69) is 29.2 Å². The van der Waals surface area contributed by atoms with Gasteiger partial charge in [0.15, 0.2) is 0 Å². The van der Waals surface area contributed by atoms with Gasteiger partial charge in [0.05, 0.1) is 0 Å². The van der Waals surface area contributed by atoms with Crippen molar-refractivity contribution in [2.45, 2.75) is 11.3 Å². The lowest BCUT2D eigenvalue weighted by atomic mass is 10.2. The molecule has 1 aliphatic rings. The smallest absolute Gasteiger partial charge is 0.253 e. The Morgan fingerprint density at radius 3 is 2.71 bits per heavy atom. The van der Waals surface area contributed by atoms with E-state index >= 15 is 0 Å². The summed E-state index contributed by atoms with van der Waals surface area (Å²) in [5.41, 5.74) is 0.737. The number of carbonyl (C=O) groups excluding carboxylic acids is 1. The topological polar surface area (TPSA) is 33.2 Å². The van der Waals surface area contributed by atoms with Crippen LogP contribution in [0.25, 0.3) is 0 Å². The van der Waals surface area contributed by atoms with Crippen LogP contribution >= 0.6 is 11.8 Å². The van der Waals surface area contributed by atoms with Crippen molar-refractivity contribution in [3.8, 4) is 0 Å². The first-order chi connectivity index (χ1) is 10.3. The van der Waals surface area contributed by atoms with E-state index in [1.54, 1.807) is 24.5 Å². The monoisotopic (exact) mass is 298 g/mol. The molecule has 0 aliphatic carbocycles. The summed E-state index contributed by atoms with van der Waals surface area (Å²) in [6.07, 6.45) is 4.44. The van der Waals surface area contributed by atoms with E-state index in [0.29, 0.717) is 5.92 Å². The number of thioether (sulfide) groups is 1. The van der Waals surface area contributed by atoms with Crippen molar-refractivity contribution < 1.29 is 4.79 Å². The van der Waals surface area contributed by atoms with E-state index in [1.165, 1.54) is 4.90 Å². The molecule has 4 heteroatoms. The summed E-state index contributed by atoms with van der Waals surface area (Å²) in [6, 6.07) is 14.0. The summed E-state index contributed by atoms with van der Waals surface area (Å²) in [4.78, 5) is 19.6. The minimum Gasteiger partial charge on any atom is -0.338 e. The SMILES string of the molecule is O=C(c1ccncc1)N1CCC(CSc2ccccc2)C1. The molecule has 1 aromatic carbocycles. The Labute approximate surface area is 129 Å². The highest BCUT2D eigenvalue weighted by molar-refractivity contribution is 7.99. The zero-order valence-corrected chi connectivity index (χ0v) is 12.6. The van der Waals surface area contributed by atoms with E-state index < -0.39 is 0 Å². The molecule has 21 heavy (non-hydrogen) atoms. The molecule has 1 aromatic heterocycles. The van der Waals surface area contributed by atoms with Gasteiger partial charge in [0.1, 0.15) is 0 Å². The Bertz CT molecular complexity index is 588. The molecule has 0 bridgehead atoms. The van der Waals surface area contributed by atoms with Gasteiger partial charge in [-0.1, -0.05) is 18.2 Å². The van der Waals surface area contributed by atoms with Gasteiger partial charge < -0.3 is 4.90 Å². The summed E-state index contributed by atoms with van der Waals surface area (Å²) in [5.74, 6) is 1.79. The molecule has 2 aromatic rings. The fourth-order valence-electron chi connectivity index (χ4n) is 2.56. The predicted octanol–water partition coefficient (Wildman–Crippen LogP) is 3.34. The largest absolute Gasteiger partial charge is 0.338 e. The molecule has 1 unspecified atom stereocenters. The van der Waals surface area contributed by atoms with Crippen molar-refractivity contribution in [3.63, 3.8) is 0 Å². The highest BCUT2D eigenvalue weighted by Gasteiger charge is 2.26. The molecule has 0 N–H and O–H groups in total. The van der Waals surface area contributed by atoms with Crippen LogP contribution in [0.3, 0.4) is 0 Å². The van der Waals surface area contributed by atoms with Crippen LogP contribution in [-0.2, 0) is 0 Å². The van der Waals surface area contributed by atoms with Crippen LogP contribution in [0.1, 0.15) is 16.8 Å². The van der Waals surface area contributed by atoms with Crippen LogP contribution in [0.2, 0.25) is 0 Å². The first kappa shape index (κ1) is 14.1. The minimum absolute atomic E-state index is 0.129. The van der Waals surface area contributed by atoms with Gasteiger partial charge in [-0.2, -0.15) is 0 Å². The van der Waals surface area contributed by atoms with E-state index in [-0.39, 0.29) is 5.91 Å². The molecule has 0 spiro atoms. The molecule has 0 radical (unpaired) electrons. The number of rotatable bonds is 4. The van der Waals surface area contributed by atoms with E-state index in [1.807, 2.05) is 22.7 Å². The standard InChI is InChI=1S/C17H18N2OS/c20-17(15-6-9-18-10-7-15)19-11-8-14(12-19)13-21-16-4-2-1-3-5-16/h1-7,9-10,14H,8,11-13H2. The van der Waals surface area contributed by atoms with Crippen molar-refractivity contribution in [1.82, 2.24) is 9.88 Å². The Morgan fingerprint density at radius 2 is 1.95 bits per heavy atom. The summed E-state index contributed by atoms with van der Waals surface area (Å²) in [6.45, 7) is 1.72. The third-order valence-corrected chi connectivity index (χ3v) is 4.97. The van der Waals surface area contributed by atoms with Crippen molar-refractivity contribution in [3.05, 3.63) is 60.4 Å². The van der Waals surface area contributed by atoms with E-state index in [9.17, 15) is 4.79 Å². The van der Waals surface area contributed by atoms with Gasteiger partial charge >= 0.3 is 0 Å². The zero-order valence-electron chi connectivity index (χ0n) is 11.8. The molecule has 3 rings (SSSR count). The predicted molar refractivity (Wildman–Crippen MR) is 85.4 cm³/mol. The van der Waals surface area contributed by atoms with Crippen LogP contribution in [-0.4, -0.2) is 34.6 Å². The number of benzene rings is 1. The number of carbonyl (C=O) groups is 1. The number of hydrogen-bond donors (Lipinski definition) is 0. The highest BCUT2D eigenvalue weighted by atomic mass is 32.2. The molecule has 1 amide bonds. The van der Waals surface area contributed by atoms with Crippen LogP contribution in [0.4, 0.5) is 0 Å². The number of pyridine rings is 1. The van der Waals surface area contributed by atoms with Crippen LogP contribution in [0, 0.1) is 5.92 Å². The number of hydrogen-bond acceptors (Lipinski definition) is 3. The van der Waals surface area contributed by atoms with Crippen molar-refractivity contribution >= 4 is 17.7 Å². The average molecular weight is 298 g/mol. The summed E-state index contributed by atoms with van der Waals surface area (Å²) >= 11 is 1.88. The maximum atomic E-state index is 12.4. The average Bonchev–Trinajstić information content (AvgIpc) is 3.03. The Balaban J connectivity index is 1.53. The lowest BCUT2D eigenvalue weighted by Gasteiger charge is -2.16. The Hall–Kier alpha value is -1.81. The van der Waals surface area contributed by atoms with Gasteiger partial charge in [-0.25, -0.2) is 0 Å². The molecule has 2 heterocycles. The molecule has 108 valence electrons. The third kappa shape index (κ3) is 3.64. The van der Waals surface area contributed by atoms with Gasteiger partial charge in [-0.3, -0.25) is 9.78 Å². The molecular weight excluding hydrogens is 280 g/mol. The van der Waals surface area contributed by atoms with Crippen molar-refractivity contribution in [1.29, 1.82) is 0 Å². The second-order valence-corrected chi connectivity index (χ2v) is 6.36. The highest BCUT2D eigenvalue weighted by Crippen LogP contribution is 2.26. The van der Waals surface area contributed by atoms with E-state index in [4.69, 9.17) is 0 Å². The van der Waals surface area contributed by atoms with Crippen LogP contribution in [0.5, 0.6) is 0 Å². The summed E-state index contributed by atoms with van der Waals surface area (Å²) in [5, 5.41) is 0. The van der Waals surface area contributed by atoms with E-state index in [0.717, 1.165) is 30.8 Å². The summed E-state index contributed by atoms with van der Waals surface area (Å²) in [7, 11) is 0. The molecule has 1 saturated heterocycles. The lowest BCUT2D eigenvalue weighted by molar-refractivity contribution is 0.0788. The van der Waals surface area contributed by atoms with Gasteiger partial charge in [0, 0.05) is 41.7 Å². The molecule has 0 saturated carbocycles. The van der Waals surface area contributed by atoms with Gasteiger partial charge in [0.25, 0.3) is 5.91 Å². The quantitative estimate of drug-likeness (QED) is 0.812. The van der Waals surface area contributed by atoms with Crippen molar-refractivity contribution in [2.24, 2.45) is 5.92 Å². The van der Waals surface area contributed by atoms with Crippen molar-refractivity contribution in [2.75, 3.05) is 18.8 Å². The Morgan fingerprint density at radius 1 is 1.19 bits per heavy atom. The second-order valence-electron chi connectivity index (χ2n) is 5.27. The van der Waals surface area contributed by atoms with Gasteiger partial charge in [-0.15, -0.1) is 11.8 Å². The molecule has 3 nitrogen and oxygen atoms in total. The lowest BCUT2D eigenvalue weighted by Crippen LogP contribution is -2.28. The summed E-state index contributed by atoms with van der Waals surface area (Å²) < 4.78 is 0. The maximum absolute atomic E-state index is 12.4. The van der Waals surface area contributed by atoms with Gasteiger partial charge in [-0.05, 0) is 36.6 Å². The number of aromatic nitrogens is 1. The van der Waals surface area contributed by atoms with Crippen LogP contribution in [0.15, 0.2) is 59.8 Å². The molecule has 1 fully saturated rings. The zero-order chi connectivity index (χ0) is 14.5. The minimum atomic E-state index is 0.129. The Kier molecular flexibility index (Phi) is 4.55. The van der Waals surface area contributed by atoms with Crippen LogP contribution < -0.4 is 0 Å². The fourth-order valence-corrected chi connectivity index (χ4v) is 3.61. The number of likely N-dealkylation sites (tertiary alicyclic amines) is 1. The number of nitrogens with zero attached hydrogens (tertiary/aromatic N) is 2. The first-order valence-corrected chi connectivity index (χ1v) is 8.18. The molecular formula is C17H18N2OS. The maximum Gasteiger partial charge on any atom is 0.253 e. The third-order valence-electron chi connectivity index (χ3n) is 3.73. The normalized spacial score (nSPS) is 17.9. The number of amides is 1. The molecule has 1 aliphatic heterocycles. The van der Waals surface area contributed by atoms with Gasteiger partial charge in [0.2, 0.25) is 0 Å². The first-order valence-electron chi connectivity index (χ1n) is 7.20. The molecule has 1 atom stereocenters. The second kappa shape index (κ2) is 6.76.